The number of fused-ring (bicyclic) bond motifs is 1. The van der Waals surface area contributed by atoms with E-state index in [4.69, 9.17) is 23.2 Å². The molecule has 1 heterocycles. The zero-order chi connectivity index (χ0) is 25.1. The molecule has 0 unspecified atom stereocenters. The summed E-state index contributed by atoms with van der Waals surface area (Å²) in [5, 5.41) is 5.73. The molecule has 1 aromatic heterocycles. The fraction of sp³-hybridized carbons (Fsp3) is 0.115. The van der Waals surface area contributed by atoms with Gasteiger partial charge in [-0.15, -0.1) is 11.6 Å². The number of carbonyl (C=O) groups excluding carboxylic acids is 2. The molecule has 9 heteroatoms. The van der Waals surface area contributed by atoms with Crippen LogP contribution in [-0.2, 0) is 11.8 Å². The standard InChI is InChI=1S/C26H21Cl2FN4O2/c1-15-30-23-13-19(20(28)14-24(23)33(15)2)16-5-3-6-18(11-16)31-26(35)17-8-9-22(21(29)12-17)32-25(34)7-4-10-27/h3-9,11-14H,10H2,1-2H3,(H,31,35)(H,32,34)/b7-4+. The molecule has 0 aliphatic heterocycles. The van der Waals surface area contributed by atoms with Gasteiger partial charge in [-0.3, -0.25) is 9.59 Å². The molecule has 0 bridgehead atoms. The van der Waals surface area contributed by atoms with E-state index < -0.39 is 17.6 Å². The number of amides is 2. The highest BCUT2D eigenvalue weighted by Gasteiger charge is 2.14. The summed E-state index contributed by atoms with van der Waals surface area (Å²) in [5.41, 5.74) is 3.91. The Balaban J connectivity index is 1.54. The van der Waals surface area contributed by atoms with Crippen LogP contribution in [0.3, 0.4) is 0 Å². The number of alkyl halides is 1. The second kappa shape index (κ2) is 10.3. The number of hydrogen-bond acceptors (Lipinski definition) is 3. The molecule has 4 rings (SSSR count). The Bertz CT molecular complexity index is 1480. The number of benzene rings is 3. The van der Waals surface area contributed by atoms with E-state index in [1.165, 1.54) is 24.3 Å². The van der Waals surface area contributed by atoms with Gasteiger partial charge < -0.3 is 15.2 Å². The van der Waals surface area contributed by atoms with Crippen LogP contribution in [-0.4, -0.2) is 27.2 Å². The molecular formula is C26H21Cl2FN4O2. The van der Waals surface area contributed by atoms with Gasteiger partial charge in [-0.2, -0.15) is 0 Å². The zero-order valence-corrected chi connectivity index (χ0v) is 20.4. The lowest BCUT2D eigenvalue weighted by Gasteiger charge is -2.10. The number of halogens is 3. The van der Waals surface area contributed by atoms with Crippen molar-refractivity contribution < 1.29 is 14.0 Å². The van der Waals surface area contributed by atoms with E-state index in [-0.39, 0.29) is 17.1 Å². The minimum absolute atomic E-state index is 0.0393. The van der Waals surface area contributed by atoms with Gasteiger partial charge >= 0.3 is 0 Å². The summed E-state index contributed by atoms with van der Waals surface area (Å²) in [6, 6.07) is 14.8. The summed E-state index contributed by atoms with van der Waals surface area (Å²) in [6.45, 7) is 1.92. The van der Waals surface area contributed by atoms with Crippen LogP contribution in [0.4, 0.5) is 15.8 Å². The van der Waals surface area contributed by atoms with Gasteiger partial charge in [0.15, 0.2) is 0 Å². The quantitative estimate of drug-likeness (QED) is 0.235. The van der Waals surface area contributed by atoms with Gasteiger partial charge in [-0.25, -0.2) is 9.37 Å². The number of imidazole rings is 1. The highest BCUT2D eigenvalue weighted by Crippen LogP contribution is 2.33. The SMILES string of the molecule is Cc1nc2cc(-c3cccc(NC(=O)c4ccc(NC(=O)/C=C/CCl)c(F)c4)c3)c(Cl)cc2n1C. The third-order valence-electron chi connectivity index (χ3n) is 5.47. The first-order valence-electron chi connectivity index (χ1n) is 10.6. The van der Waals surface area contributed by atoms with Crippen molar-refractivity contribution in [2.75, 3.05) is 16.5 Å². The molecule has 0 fully saturated rings. The number of rotatable bonds is 6. The summed E-state index contributed by atoms with van der Waals surface area (Å²) < 4.78 is 16.4. The lowest BCUT2D eigenvalue weighted by atomic mass is 10.0. The van der Waals surface area contributed by atoms with Crippen molar-refractivity contribution >= 4 is 57.4 Å². The average molecular weight is 511 g/mol. The largest absolute Gasteiger partial charge is 0.331 e. The molecule has 6 nitrogen and oxygen atoms in total. The molecule has 35 heavy (non-hydrogen) atoms. The third kappa shape index (κ3) is 5.37. The number of nitrogens with one attached hydrogen (secondary N) is 2. The van der Waals surface area contributed by atoms with E-state index in [0.29, 0.717) is 10.7 Å². The predicted molar refractivity (Wildman–Crippen MR) is 139 cm³/mol. The topological polar surface area (TPSA) is 76.0 Å². The Hall–Kier alpha value is -3.68. The number of anilines is 2. The van der Waals surface area contributed by atoms with Crippen molar-refractivity contribution in [2.24, 2.45) is 7.05 Å². The molecule has 0 radical (unpaired) electrons. The van der Waals surface area contributed by atoms with Gasteiger partial charge in [0.25, 0.3) is 5.91 Å². The van der Waals surface area contributed by atoms with Crippen molar-refractivity contribution in [1.29, 1.82) is 0 Å². The first-order chi connectivity index (χ1) is 16.8. The van der Waals surface area contributed by atoms with Gasteiger partial charge in [0.05, 0.1) is 21.7 Å². The maximum Gasteiger partial charge on any atom is 0.255 e. The maximum absolute atomic E-state index is 14.5. The molecule has 0 saturated carbocycles. The van der Waals surface area contributed by atoms with Crippen LogP contribution in [0.2, 0.25) is 5.02 Å². The molecule has 178 valence electrons. The summed E-state index contributed by atoms with van der Waals surface area (Å²) >= 11 is 12.0. The Labute approximate surface area is 211 Å². The van der Waals surface area contributed by atoms with E-state index in [2.05, 4.69) is 15.6 Å². The normalized spacial score (nSPS) is 11.2. The molecule has 0 saturated heterocycles. The van der Waals surface area contributed by atoms with Crippen molar-refractivity contribution in [1.82, 2.24) is 9.55 Å². The zero-order valence-electron chi connectivity index (χ0n) is 18.9. The van der Waals surface area contributed by atoms with E-state index in [0.717, 1.165) is 34.1 Å². The molecule has 2 amide bonds. The number of allylic oxidation sites excluding steroid dienone is 1. The maximum atomic E-state index is 14.5. The van der Waals surface area contributed by atoms with Crippen molar-refractivity contribution in [3.8, 4) is 11.1 Å². The summed E-state index contributed by atoms with van der Waals surface area (Å²) in [7, 11) is 1.93. The number of nitrogens with zero attached hydrogens (tertiary/aromatic N) is 2. The van der Waals surface area contributed by atoms with Crippen molar-refractivity contribution in [2.45, 2.75) is 6.92 Å². The fourth-order valence-corrected chi connectivity index (χ4v) is 3.96. The molecule has 0 atom stereocenters. The number of aryl methyl sites for hydroxylation is 2. The van der Waals surface area contributed by atoms with E-state index in [9.17, 15) is 14.0 Å². The molecule has 4 aromatic rings. The first kappa shape index (κ1) is 24.4. The molecular weight excluding hydrogens is 490 g/mol. The van der Waals surface area contributed by atoms with E-state index >= 15 is 0 Å². The van der Waals surface area contributed by atoms with Crippen molar-refractivity contribution in [3.63, 3.8) is 0 Å². The van der Waals surface area contributed by atoms with Crippen LogP contribution in [0, 0.1) is 12.7 Å². The minimum Gasteiger partial charge on any atom is -0.331 e. The van der Waals surface area contributed by atoms with Crippen LogP contribution in [0.1, 0.15) is 16.2 Å². The number of aromatic nitrogens is 2. The van der Waals surface area contributed by atoms with Crippen LogP contribution in [0.25, 0.3) is 22.2 Å². The molecule has 0 aliphatic rings. The predicted octanol–water partition coefficient (Wildman–Crippen LogP) is 6.33. The smallest absolute Gasteiger partial charge is 0.255 e. The Morgan fingerprint density at radius 2 is 1.91 bits per heavy atom. The van der Waals surface area contributed by atoms with E-state index in [1.807, 2.05) is 36.7 Å². The fourth-order valence-electron chi connectivity index (χ4n) is 3.61. The van der Waals surface area contributed by atoms with Crippen LogP contribution < -0.4 is 10.6 Å². The summed E-state index contributed by atoms with van der Waals surface area (Å²) in [4.78, 5) is 29.0. The van der Waals surface area contributed by atoms with Crippen LogP contribution >= 0.6 is 23.2 Å². The molecule has 2 N–H and O–H groups in total. The van der Waals surface area contributed by atoms with Gasteiger partial charge in [0.2, 0.25) is 5.91 Å². The monoisotopic (exact) mass is 510 g/mol. The van der Waals surface area contributed by atoms with Gasteiger partial charge in [-0.05, 0) is 55.0 Å². The van der Waals surface area contributed by atoms with E-state index in [1.54, 1.807) is 18.2 Å². The summed E-state index contributed by atoms with van der Waals surface area (Å²) in [6.07, 6.45) is 2.65. The Morgan fingerprint density at radius 3 is 2.66 bits per heavy atom. The molecule has 0 aliphatic carbocycles. The Morgan fingerprint density at radius 1 is 1.11 bits per heavy atom. The third-order valence-corrected chi connectivity index (χ3v) is 5.96. The second-order valence-electron chi connectivity index (χ2n) is 7.81. The lowest BCUT2D eigenvalue weighted by molar-refractivity contribution is -0.111. The minimum atomic E-state index is -0.732. The lowest BCUT2D eigenvalue weighted by Crippen LogP contribution is -2.14. The molecule has 3 aromatic carbocycles. The van der Waals surface area contributed by atoms with Crippen LogP contribution in [0.5, 0.6) is 0 Å². The second-order valence-corrected chi connectivity index (χ2v) is 8.53. The average Bonchev–Trinajstić information content (AvgIpc) is 3.11. The highest BCUT2D eigenvalue weighted by atomic mass is 35.5. The van der Waals surface area contributed by atoms with Crippen LogP contribution in [0.15, 0.2) is 66.7 Å². The molecule has 0 spiro atoms. The van der Waals surface area contributed by atoms with Gasteiger partial charge in [0.1, 0.15) is 11.6 Å². The number of carbonyl (C=O) groups is 2. The van der Waals surface area contributed by atoms with Gasteiger partial charge in [0, 0.05) is 35.8 Å². The number of hydrogen-bond donors (Lipinski definition) is 2. The Kier molecular flexibility index (Phi) is 7.19. The van der Waals surface area contributed by atoms with Gasteiger partial charge in [-0.1, -0.05) is 29.8 Å². The first-order valence-corrected chi connectivity index (χ1v) is 11.6. The highest BCUT2D eigenvalue weighted by molar-refractivity contribution is 6.34. The summed E-state index contributed by atoms with van der Waals surface area (Å²) in [5.74, 6) is -0.706. The van der Waals surface area contributed by atoms with Crippen molar-refractivity contribution in [3.05, 3.63) is 89.0 Å².